The molecule has 0 fully saturated rings. The molecule has 1 rings (SSSR count). The number of carbonyl (C=O) groups is 1. The Morgan fingerprint density at radius 3 is 2.40 bits per heavy atom. The molecule has 1 aromatic heterocycles. The Balaban J connectivity index is 2.73. The molecule has 0 saturated heterocycles. The molecule has 1 atom stereocenters. The Kier molecular flexibility index (Phi) is 4.44. The lowest BCUT2D eigenvalue weighted by Gasteiger charge is -2.16. The number of thiophene rings is 1. The van der Waals surface area contributed by atoms with E-state index in [2.05, 4.69) is 5.32 Å². The number of rotatable bonds is 3. The maximum atomic E-state index is 11.7. The third kappa shape index (κ3) is 3.37. The summed E-state index contributed by atoms with van der Waals surface area (Å²) < 4.78 is 0.968. The first-order valence-corrected chi connectivity index (χ1v) is 6.24. The molecule has 0 bridgehead atoms. The zero-order valence-electron chi connectivity index (χ0n) is 8.80. The average molecular weight is 266 g/mol. The normalized spacial score (nSPS) is 12.9. The summed E-state index contributed by atoms with van der Waals surface area (Å²) in [6.07, 6.45) is 0. The first kappa shape index (κ1) is 12.8. The van der Waals surface area contributed by atoms with E-state index in [1.165, 1.54) is 11.3 Å². The fourth-order valence-electron chi connectivity index (χ4n) is 0.946. The first-order valence-electron chi connectivity index (χ1n) is 4.67. The molecule has 0 saturated carbocycles. The van der Waals surface area contributed by atoms with Gasteiger partial charge in [0, 0.05) is 6.04 Å². The van der Waals surface area contributed by atoms with E-state index in [0.29, 0.717) is 20.2 Å². The van der Waals surface area contributed by atoms with Crippen molar-refractivity contribution in [2.45, 2.75) is 26.8 Å². The Labute approximate surface area is 104 Å². The third-order valence-corrected chi connectivity index (χ3v) is 3.75. The monoisotopic (exact) mass is 265 g/mol. The van der Waals surface area contributed by atoms with Crippen LogP contribution in [0.5, 0.6) is 0 Å². The minimum Gasteiger partial charge on any atom is -0.349 e. The maximum Gasteiger partial charge on any atom is 0.253 e. The van der Waals surface area contributed by atoms with Crippen molar-refractivity contribution in [1.29, 1.82) is 0 Å². The number of hydrogen-bond donors (Lipinski definition) is 1. The van der Waals surface area contributed by atoms with Crippen molar-refractivity contribution in [2.75, 3.05) is 0 Å². The van der Waals surface area contributed by atoms with E-state index in [4.69, 9.17) is 23.2 Å². The van der Waals surface area contributed by atoms with Crippen LogP contribution in [0.1, 0.15) is 31.1 Å². The van der Waals surface area contributed by atoms with Gasteiger partial charge in [0.15, 0.2) is 0 Å². The fourth-order valence-corrected chi connectivity index (χ4v) is 2.40. The van der Waals surface area contributed by atoms with Crippen molar-refractivity contribution < 1.29 is 4.79 Å². The summed E-state index contributed by atoms with van der Waals surface area (Å²) in [7, 11) is 0. The fraction of sp³-hybridized carbons (Fsp3) is 0.500. The van der Waals surface area contributed by atoms with Gasteiger partial charge < -0.3 is 5.32 Å². The van der Waals surface area contributed by atoms with Crippen molar-refractivity contribution in [3.8, 4) is 0 Å². The smallest absolute Gasteiger partial charge is 0.253 e. The third-order valence-electron chi connectivity index (χ3n) is 2.26. The quantitative estimate of drug-likeness (QED) is 0.885. The van der Waals surface area contributed by atoms with Crippen LogP contribution in [0.2, 0.25) is 8.67 Å². The molecule has 84 valence electrons. The molecule has 0 radical (unpaired) electrons. The highest BCUT2D eigenvalue weighted by molar-refractivity contribution is 7.20. The van der Waals surface area contributed by atoms with Crippen LogP contribution in [0, 0.1) is 5.92 Å². The SMILES string of the molecule is CC(C)[C@@H](C)NC(=O)c1cc(Cl)sc1Cl. The van der Waals surface area contributed by atoms with Crippen LogP contribution < -0.4 is 5.32 Å². The highest BCUT2D eigenvalue weighted by Gasteiger charge is 2.17. The zero-order chi connectivity index (χ0) is 11.6. The molecule has 1 heterocycles. The molecule has 0 aliphatic rings. The number of carbonyl (C=O) groups excluding carboxylic acids is 1. The number of amides is 1. The standard InChI is InChI=1S/C10H13Cl2NOS/c1-5(2)6(3)13-10(14)7-4-8(11)15-9(7)12/h4-6H,1-3H3,(H,13,14)/t6-/m1/s1. The lowest BCUT2D eigenvalue weighted by molar-refractivity contribution is 0.0931. The molecule has 0 unspecified atom stereocenters. The lowest BCUT2D eigenvalue weighted by Crippen LogP contribution is -2.35. The molecular weight excluding hydrogens is 253 g/mol. The zero-order valence-corrected chi connectivity index (χ0v) is 11.1. The number of hydrogen-bond acceptors (Lipinski definition) is 2. The van der Waals surface area contributed by atoms with Crippen LogP contribution in [0.25, 0.3) is 0 Å². The summed E-state index contributed by atoms with van der Waals surface area (Å²) in [5.41, 5.74) is 0.458. The van der Waals surface area contributed by atoms with Crippen LogP contribution in [-0.2, 0) is 0 Å². The van der Waals surface area contributed by atoms with Crippen LogP contribution in [0.4, 0.5) is 0 Å². The van der Waals surface area contributed by atoms with E-state index in [1.807, 2.05) is 20.8 Å². The van der Waals surface area contributed by atoms with Crippen molar-refractivity contribution in [2.24, 2.45) is 5.92 Å². The van der Waals surface area contributed by atoms with Gasteiger partial charge in [0.2, 0.25) is 0 Å². The van der Waals surface area contributed by atoms with Gasteiger partial charge in [0.1, 0.15) is 4.34 Å². The van der Waals surface area contributed by atoms with E-state index in [1.54, 1.807) is 6.07 Å². The minimum atomic E-state index is -0.163. The van der Waals surface area contributed by atoms with Gasteiger partial charge in [-0.3, -0.25) is 4.79 Å². The highest BCUT2D eigenvalue weighted by atomic mass is 35.5. The average Bonchev–Trinajstić information content (AvgIpc) is 2.44. The van der Waals surface area contributed by atoms with Gasteiger partial charge >= 0.3 is 0 Å². The van der Waals surface area contributed by atoms with Gasteiger partial charge in [0.25, 0.3) is 5.91 Å². The molecular formula is C10H13Cl2NOS. The molecule has 2 nitrogen and oxygen atoms in total. The van der Waals surface area contributed by atoms with Gasteiger partial charge in [-0.15, -0.1) is 11.3 Å². The molecule has 0 aliphatic heterocycles. The van der Waals surface area contributed by atoms with Crippen LogP contribution in [0.15, 0.2) is 6.07 Å². The second-order valence-corrected chi connectivity index (χ2v) is 6.03. The van der Waals surface area contributed by atoms with Crippen molar-refractivity contribution >= 4 is 40.4 Å². The molecule has 0 spiro atoms. The van der Waals surface area contributed by atoms with E-state index >= 15 is 0 Å². The Morgan fingerprint density at radius 1 is 1.40 bits per heavy atom. The molecule has 0 aromatic carbocycles. The molecule has 15 heavy (non-hydrogen) atoms. The topological polar surface area (TPSA) is 29.1 Å². The van der Waals surface area contributed by atoms with Crippen molar-refractivity contribution in [1.82, 2.24) is 5.32 Å². The summed E-state index contributed by atoms with van der Waals surface area (Å²) in [5, 5.41) is 2.87. The largest absolute Gasteiger partial charge is 0.349 e. The summed E-state index contributed by atoms with van der Waals surface area (Å²) in [6.45, 7) is 6.06. The van der Waals surface area contributed by atoms with Crippen molar-refractivity contribution in [3.63, 3.8) is 0 Å². The predicted octanol–water partition coefficient (Wildman–Crippen LogP) is 3.83. The number of halogens is 2. The highest BCUT2D eigenvalue weighted by Crippen LogP contribution is 2.31. The van der Waals surface area contributed by atoms with Crippen molar-refractivity contribution in [3.05, 3.63) is 20.3 Å². The Morgan fingerprint density at radius 2 is 2.00 bits per heavy atom. The second kappa shape index (κ2) is 5.19. The van der Waals surface area contributed by atoms with E-state index in [0.717, 1.165) is 0 Å². The molecule has 1 amide bonds. The molecule has 0 aliphatic carbocycles. The Bertz CT molecular complexity index is 362. The molecule has 1 N–H and O–H groups in total. The van der Waals surface area contributed by atoms with Gasteiger partial charge in [-0.05, 0) is 18.9 Å². The minimum absolute atomic E-state index is 0.118. The van der Waals surface area contributed by atoms with Gasteiger partial charge in [0.05, 0.1) is 9.90 Å². The summed E-state index contributed by atoms with van der Waals surface area (Å²) >= 11 is 12.8. The summed E-state index contributed by atoms with van der Waals surface area (Å²) in [5.74, 6) is 0.228. The maximum absolute atomic E-state index is 11.7. The Hall–Kier alpha value is -0.250. The molecule has 1 aromatic rings. The second-order valence-electron chi connectivity index (χ2n) is 3.74. The van der Waals surface area contributed by atoms with Crippen LogP contribution in [-0.4, -0.2) is 11.9 Å². The summed E-state index contributed by atoms with van der Waals surface area (Å²) in [6, 6.07) is 1.71. The van der Waals surface area contributed by atoms with E-state index in [-0.39, 0.29) is 11.9 Å². The number of nitrogens with one attached hydrogen (secondary N) is 1. The van der Waals surface area contributed by atoms with Gasteiger partial charge in [-0.1, -0.05) is 37.0 Å². The van der Waals surface area contributed by atoms with E-state index in [9.17, 15) is 4.79 Å². The molecule has 5 heteroatoms. The predicted molar refractivity (Wildman–Crippen MR) is 66.1 cm³/mol. The van der Waals surface area contributed by atoms with Crippen LogP contribution >= 0.6 is 34.5 Å². The van der Waals surface area contributed by atoms with Crippen LogP contribution in [0.3, 0.4) is 0 Å². The lowest BCUT2D eigenvalue weighted by atomic mass is 10.1. The first-order chi connectivity index (χ1) is 6.91. The van der Waals surface area contributed by atoms with E-state index < -0.39 is 0 Å². The van der Waals surface area contributed by atoms with Gasteiger partial charge in [-0.25, -0.2) is 0 Å². The van der Waals surface area contributed by atoms with Gasteiger partial charge in [-0.2, -0.15) is 0 Å². The summed E-state index contributed by atoms with van der Waals surface area (Å²) in [4.78, 5) is 11.7.